The zero-order chi connectivity index (χ0) is 11.3. The fraction of sp³-hybridized carbons (Fsp3) is 0.444. The molecule has 0 saturated carbocycles. The van der Waals surface area contributed by atoms with Gasteiger partial charge in [-0.3, -0.25) is 0 Å². The maximum atomic E-state index is 10.8. The van der Waals surface area contributed by atoms with Crippen LogP contribution < -0.4 is 24.0 Å². The van der Waals surface area contributed by atoms with E-state index in [4.69, 9.17) is 16.3 Å². The fourth-order valence-electron chi connectivity index (χ4n) is 1.16. The van der Waals surface area contributed by atoms with Crippen molar-refractivity contribution in [2.24, 2.45) is 0 Å². The average molecular weight is 237 g/mol. The number of aliphatic carboxylic acids is 1. The van der Waals surface area contributed by atoms with E-state index in [1.165, 1.54) is 19.4 Å². The number of methoxy groups -OCH3 is 1. The molecular weight excluding hydrogens is 227 g/mol. The molecule has 1 heterocycles. The van der Waals surface area contributed by atoms with Crippen LogP contribution in [0.15, 0.2) is 12.3 Å². The summed E-state index contributed by atoms with van der Waals surface area (Å²) >= 11 is 5.56. The Bertz CT molecular complexity index is 351. The number of carboxylic acids is 1. The van der Waals surface area contributed by atoms with Gasteiger partial charge in [0, 0.05) is 25.8 Å². The van der Waals surface area contributed by atoms with Gasteiger partial charge in [0.2, 0.25) is 5.28 Å². The van der Waals surface area contributed by atoms with E-state index >= 15 is 0 Å². The zero-order valence-electron chi connectivity index (χ0n) is 9.14. The van der Waals surface area contributed by atoms with Crippen LogP contribution in [0.3, 0.4) is 0 Å². The first-order chi connectivity index (χ1) is 7.15. The van der Waals surface area contributed by atoms with Crippen molar-refractivity contribution in [1.29, 1.82) is 0 Å². The predicted octanol–water partition coefficient (Wildman–Crippen LogP) is -3.00. The van der Waals surface area contributed by atoms with Gasteiger partial charge >= 0.3 is 18.9 Å². The molecule has 0 N–H and O–H groups in total. The number of ether oxygens (including phenoxy) is 1. The van der Waals surface area contributed by atoms with Crippen LogP contribution in [-0.4, -0.2) is 29.7 Å². The Balaban J connectivity index is 0.00000225. The van der Waals surface area contributed by atoms with Crippen LogP contribution in [0.1, 0.15) is 18.0 Å². The Morgan fingerprint density at radius 2 is 2.38 bits per heavy atom. The van der Waals surface area contributed by atoms with Crippen molar-refractivity contribution in [2.75, 3.05) is 13.7 Å². The maximum absolute atomic E-state index is 10.8. The molecule has 5 nitrogen and oxygen atoms in total. The molecule has 0 aromatic carbocycles. The number of aromatic nitrogens is 2. The van der Waals surface area contributed by atoms with Crippen LogP contribution in [0.25, 0.3) is 0 Å². The molecule has 7 heteroatoms. The topological polar surface area (TPSA) is 75.1 Å². The molecule has 0 radical (unpaired) electrons. The van der Waals surface area contributed by atoms with Gasteiger partial charge in [-0.1, -0.05) is 0 Å². The van der Waals surface area contributed by atoms with Crippen molar-refractivity contribution < 1.29 is 33.5 Å². The van der Waals surface area contributed by atoms with Crippen molar-refractivity contribution >= 4 is 17.6 Å². The van der Waals surface area contributed by atoms with Crippen LogP contribution >= 0.6 is 11.6 Å². The fourth-order valence-corrected chi connectivity index (χ4v) is 1.32. The molecule has 0 aliphatic rings. The average Bonchev–Trinajstić information content (AvgIpc) is 2.18. The normalized spacial score (nSPS) is 11.6. The van der Waals surface area contributed by atoms with Gasteiger partial charge in [-0.05, 0) is 24.1 Å². The van der Waals surface area contributed by atoms with Gasteiger partial charge < -0.3 is 14.6 Å². The van der Waals surface area contributed by atoms with Crippen LogP contribution in [0.5, 0.6) is 0 Å². The number of carbonyl (C=O) groups excluding carboxylic acids is 1. The Morgan fingerprint density at radius 1 is 1.69 bits per heavy atom. The maximum Gasteiger partial charge on any atom is 1.00 e. The van der Waals surface area contributed by atoms with E-state index in [2.05, 4.69) is 9.97 Å². The minimum absolute atomic E-state index is 0. The third kappa shape index (κ3) is 4.50. The summed E-state index contributed by atoms with van der Waals surface area (Å²) in [5.74, 6) is -2.01. The van der Waals surface area contributed by atoms with Gasteiger partial charge in [-0.25, -0.2) is 9.97 Å². The van der Waals surface area contributed by atoms with Crippen LogP contribution in [0.4, 0.5) is 0 Å². The predicted molar refractivity (Wildman–Crippen MR) is 51.3 cm³/mol. The first-order valence-electron chi connectivity index (χ1n) is 4.33. The second-order valence-electron chi connectivity index (χ2n) is 2.90. The number of halogens is 1. The summed E-state index contributed by atoms with van der Waals surface area (Å²) in [6.45, 7) is 0.320. The van der Waals surface area contributed by atoms with E-state index in [0.717, 1.165) is 0 Å². The summed E-state index contributed by atoms with van der Waals surface area (Å²) in [5.41, 5.74) is 0.340. The molecule has 1 aromatic rings. The third-order valence-electron chi connectivity index (χ3n) is 1.90. The largest absolute Gasteiger partial charge is 1.00 e. The first-order valence-corrected chi connectivity index (χ1v) is 4.71. The minimum Gasteiger partial charge on any atom is -0.549 e. The van der Waals surface area contributed by atoms with Gasteiger partial charge in [-0.15, -0.1) is 0 Å². The molecule has 0 bridgehead atoms. The van der Waals surface area contributed by atoms with Gasteiger partial charge in [0.25, 0.3) is 0 Å². The van der Waals surface area contributed by atoms with E-state index in [9.17, 15) is 9.90 Å². The number of rotatable bonds is 5. The van der Waals surface area contributed by atoms with E-state index in [-0.39, 0.29) is 24.1 Å². The molecule has 0 amide bonds. The van der Waals surface area contributed by atoms with Crippen molar-refractivity contribution in [3.05, 3.63) is 23.2 Å². The van der Waals surface area contributed by atoms with Gasteiger partial charge in [0.1, 0.15) is 0 Å². The summed E-state index contributed by atoms with van der Waals surface area (Å²) in [5, 5.41) is 10.9. The first kappa shape index (κ1) is 15.4. The van der Waals surface area contributed by atoms with Crippen LogP contribution in [0.2, 0.25) is 5.28 Å². The number of hydrogen-bond acceptors (Lipinski definition) is 5. The molecule has 0 aliphatic heterocycles. The minimum atomic E-state index is -1.19. The molecule has 0 saturated heterocycles. The monoisotopic (exact) mass is 236 g/mol. The van der Waals surface area contributed by atoms with Gasteiger partial charge in [-0.2, -0.15) is 0 Å². The zero-order valence-corrected chi connectivity index (χ0v) is 9.90. The molecule has 1 atom stereocenters. The van der Waals surface area contributed by atoms with E-state index in [1.807, 2.05) is 0 Å². The molecule has 1 aromatic heterocycles. The Kier molecular flexibility index (Phi) is 7.35. The van der Waals surface area contributed by atoms with Gasteiger partial charge in [0.15, 0.2) is 0 Å². The van der Waals surface area contributed by atoms with Crippen LogP contribution in [-0.2, 0) is 9.53 Å². The Labute approximate surface area is 110 Å². The van der Waals surface area contributed by atoms with E-state index in [1.54, 1.807) is 0 Å². The van der Waals surface area contributed by atoms with E-state index in [0.29, 0.717) is 18.7 Å². The molecule has 0 spiro atoms. The summed E-state index contributed by atoms with van der Waals surface area (Å²) in [6, 6.07) is 1.50. The van der Waals surface area contributed by atoms with Crippen molar-refractivity contribution in [1.82, 2.24) is 9.97 Å². The molecule has 82 valence electrons. The summed E-state index contributed by atoms with van der Waals surface area (Å²) in [6.07, 6.45) is 1.71. The number of nitrogens with zero attached hydrogens (tertiary/aromatic N) is 2. The molecular formula is C9H10ClLiN2O3. The van der Waals surface area contributed by atoms with Crippen molar-refractivity contribution in [3.63, 3.8) is 0 Å². The summed E-state index contributed by atoms with van der Waals surface area (Å²) in [7, 11) is 1.50. The van der Waals surface area contributed by atoms with Crippen LogP contribution in [0, 0.1) is 0 Å². The number of carbonyl (C=O) groups is 1. The summed E-state index contributed by atoms with van der Waals surface area (Å²) < 4.78 is 4.81. The molecule has 0 aliphatic carbocycles. The molecule has 1 unspecified atom stereocenters. The molecule has 1 rings (SSSR count). The molecule has 16 heavy (non-hydrogen) atoms. The smallest absolute Gasteiger partial charge is 0.549 e. The quantitative estimate of drug-likeness (QED) is 0.402. The van der Waals surface area contributed by atoms with E-state index < -0.39 is 11.9 Å². The Morgan fingerprint density at radius 3 is 2.88 bits per heavy atom. The van der Waals surface area contributed by atoms with Crippen molar-refractivity contribution in [2.45, 2.75) is 12.3 Å². The second-order valence-corrected chi connectivity index (χ2v) is 3.24. The number of carboxylic acid groups (broad SMARTS) is 1. The standard InChI is InChI=1S/C9H11ClN2O3.Li/c1-15-5-3-6(8(13)14)7-2-4-11-9(10)12-7;/h2,4,6H,3,5H2,1H3,(H,13,14);/q;+1/p-1. The Hall–Kier alpha value is -0.603. The third-order valence-corrected chi connectivity index (χ3v) is 2.08. The van der Waals surface area contributed by atoms with Crippen molar-refractivity contribution in [3.8, 4) is 0 Å². The number of hydrogen-bond donors (Lipinski definition) is 0. The summed E-state index contributed by atoms with van der Waals surface area (Å²) in [4.78, 5) is 18.3. The van der Waals surface area contributed by atoms with Gasteiger partial charge in [0.05, 0.1) is 11.7 Å². The SMILES string of the molecule is COCCC(C(=O)[O-])c1ccnc(Cl)n1.[Li+]. The molecule has 0 fully saturated rings. The second kappa shape index (κ2) is 7.64.